The summed E-state index contributed by atoms with van der Waals surface area (Å²) in [6, 6.07) is 7.63. The molecule has 20 nitrogen and oxygen atoms in total. The first-order valence-electron chi connectivity index (χ1n) is 21.7. The lowest BCUT2D eigenvalue weighted by atomic mass is 10.0. The van der Waals surface area contributed by atoms with Gasteiger partial charge in [0.15, 0.2) is 0 Å². The fourth-order valence-electron chi connectivity index (χ4n) is 6.80. The second-order valence-electron chi connectivity index (χ2n) is 16.3. The van der Waals surface area contributed by atoms with Crippen molar-refractivity contribution in [3.05, 3.63) is 83.9 Å². The van der Waals surface area contributed by atoms with Crippen molar-refractivity contribution in [1.82, 2.24) is 41.5 Å². The van der Waals surface area contributed by atoms with Crippen molar-refractivity contribution in [3.8, 4) is 5.75 Å². The molecule has 1 heterocycles. The van der Waals surface area contributed by atoms with E-state index in [0.717, 1.165) is 0 Å². The van der Waals surface area contributed by atoms with E-state index in [1.165, 1.54) is 41.3 Å². The Balaban J connectivity index is 1.90. The number of carbonyl (C=O) groups excluding carboxylic acids is 7. The average Bonchev–Trinajstić information content (AvgIpc) is 3.79. The van der Waals surface area contributed by atoms with Gasteiger partial charge in [0.1, 0.15) is 36.0 Å². The topological polar surface area (TPSA) is 321 Å². The molecule has 0 saturated carbocycles. The Kier molecular flexibility index (Phi) is 22.6. The zero-order chi connectivity index (χ0) is 48.8. The van der Waals surface area contributed by atoms with E-state index >= 15 is 0 Å². The number of amides is 7. The summed E-state index contributed by atoms with van der Waals surface area (Å²) in [5, 5.41) is 32.2. The lowest BCUT2D eigenvalue weighted by Crippen LogP contribution is -2.60. The van der Waals surface area contributed by atoms with E-state index in [1.54, 1.807) is 42.5 Å². The van der Waals surface area contributed by atoms with E-state index in [4.69, 9.17) is 11.5 Å². The van der Waals surface area contributed by atoms with Crippen LogP contribution in [0, 0.1) is 5.92 Å². The summed E-state index contributed by atoms with van der Waals surface area (Å²) >= 11 is 1.45. The van der Waals surface area contributed by atoms with Crippen molar-refractivity contribution in [2.24, 2.45) is 17.4 Å². The third-order valence-electron chi connectivity index (χ3n) is 10.3. The van der Waals surface area contributed by atoms with Crippen LogP contribution in [0.3, 0.4) is 0 Å². The van der Waals surface area contributed by atoms with Gasteiger partial charge in [0.2, 0.25) is 41.4 Å². The molecule has 3 aromatic rings. The first kappa shape index (κ1) is 53.9. The Morgan fingerprint density at radius 1 is 0.773 bits per heavy atom. The van der Waals surface area contributed by atoms with Crippen molar-refractivity contribution in [1.29, 1.82) is 0 Å². The van der Waals surface area contributed by atoms with E-state index in [9.17, 15) is 48.6 Å². The zero-order valence-electron chi connectivity index (χ0n) is 37.8. The number of phenolic OH excluding ortho intramolecular Hbond substituents is 1. The van der Waals surface area contributed by atoms with Crippen LogP contribution in [0.4, 0.5) is 0 Å². The fourth-order valence-corrected chi connectivity index (χ4v) is 7.27. The Labute approximate surface area is 388 Å². The third kappa shape index (κ3) is 18.9. The minimum absolute atomic E-state index is 0.00758. The number of carboxylic acid groups (broad SMARTS) is 1. The molecule has 66 heavy (non-hydrogen) atoms. The molecule has 0 bridgehead atoms. The molecule has 2 aromatic carbocycles. The number of thioether (sulfide) groups is 1. The summed E-state index contributed by atoms with van der Waals surface area (Å²) in [6.07, 6.45) is 5.37. The van der Waals surface area contributed by atoms with Gasteiger partial charge in [-0.15, -0.1) is 0 Å². The van der Waals surface area contributed by atoms with Crippen LogP contribution in [0.1, 0.15) is 69.7 Å². The molecule has 0 unspecified atom stereocenters. The number of hydrogen-bond donors (Lipinski definition) is 10. The average molecular weight is 937 g/mol. The fraction of sp³-hybridized carbons (Fsp3) is 0.489. The number of benzene rings is 2. The number of nitrogens with two attached hydrogens (primary N) is 2. The Morgan fingerprint density at radius 3 is 1.92 bits per heavy atom. The molecule has 6 atom stereocenters. The van der Waals surface area contributed by atoms with Gasteiger partial charge < -0.3 is 58.1 Å². The van der Waals surface area contributed by atoms with Crippen LogP contribution < -0.4 is 38.1 Å². The van der Waals surface area contributed by atoms with Gasteiger partial charge >= 0.3 is 5.97 Å². The van der Waals surface area contributed by atoms with Crippen LogP contribution in [0.5, 0.6) is 5.75 Å². The number of primary amides is 1. The number of H-pyrrole nitrogens is 1. The number of rotatable bonds is 29. The molecule has 0 aliphatic rings. The van der Waals surface area contributed by atoms with Crippen molar-refractivity contribution in [2.75, 3.05) is 25.1 Å². The number of aromatic amines is 1. The number of aliphatic carboxylic acids is 1. The van der Waals surface area contributed by atoms with Gasteiger partial charge in [-0.2, -0.15) is 11.8 Å². The molecule has 7 amide bonds. The van der Waals surface area contributed by atoms with Crippen molar-refractivity contribution in [3.63, 3.8) is 0 Å². The maximum atomic E-state index is 14.4. The van der Waals surface area contributed by atoms with E-state index in [-0.39, 0.29) is 50.3 Å². The summed E-state index contributed by atoms with van der Waals surface area (Å²) in [7, 11) is 0. The molecule has 3 rings (SSSR count). The number of carboxylic acids is 1. The molecular formula is C45H64N10O10S. The standard InChI is InChI=1S/C45H64N10O10S/c1-5-6-17-55(25-38(57)50-34(40(47)60)23-39(58)59)45(65)37(19-27(2)3)54-44(64)36(22-30-24-48-26-49-30)53-43(63)35(21-28-10-8-7-9-11-28)52-42(62)33(16-18-66-4)51-41(61)32(46)20-29-12-14-31(56)15-13-29/h7-15,24,26-27,32-37,56H,5-6,16-23,25,46H2,1-4H3,(H2,47,60)(H,48,49)(H,50,57)(H,51,61)(H,52,62)(H,53,63)(H,54,64)(H,58,59)/t32-,33+,34-,35-,36-,37-/m0/s1. The lowest BCUT2D eigenvalue weighted by Gasteiger charge is -2.30. The molecule has 0 aliphatic carbocycles. The predicted molar refractivity (Wildman–Crippen MR) is 247 cm³/mol. The third-order valence-corrected chi connectivity index (χ3v) is 11.0. The Bertz CT molecular complexity index is 2060. The molecule has 0 fully saturated rings. The molecule has 0 saturated heterocycles. The Hall–Kier alpha value is -6.48. The van der Waals surface area contributed by atoms with Gasteiger partial charge in [-0.1, -0.05) is 69.7 Å². The van der Waals surface area contributed by atoms with Crippen molar-refractivity contribution < 1.29 is 48.6 Å². The highest BCUT2D eigenvalue weighted by Gasteiger charge is 2.34. The second kappa shape index (κ2) is 27.8. The van der Waals surface area contributed by atoms with Gasteiger partial charge in [0.05, 0.1) is 25.3 Å². The quantitative estimate of drug-likeness (QED) is 0.0448. The highest BCUT2D eigenvalue weighted by atomic mass is 32.2. The van der Waals surface area contributed by atoms with Crippen molar-refractivity contribution in [2.45, 2.75) is 108 Å². The zero-order valence-corrected chi connectivity index (χ0v) is 38.6. The van der Waals surface area contributed by atoms with E-state index in [2.05, 4.69) is 36.6 Å². The molecular weight excluding hydrogens is 873 g/mol. The normalized spacial score (nSPS) is 13.8. The van der Waals surface area contributed by atoms with Gasteiger partial charge in [-0.3, -0.25) is 38.4 Å². The second-order valence-corrected chi connectivity index (χ2v) is 17.3. The van der Waals surface area contributed by atoms with E-state index < -0.39 is 96.5 Å². The summed E-state index contributed by atoms with van der Waals surface area (Å²) < 4.78 is 0. The number of aromatic hydroxyl groups is 1. The minimum atomic E-state index is -1.52. The molecule has 360 valence electrons. The smallest absolute Gasteiger partial charge is 0.305 e. The number of phenols is 1. The molecule has 0 spiro atoms. The van der Waals surface area contributed by atoms with Gasteiger partial charge in [-0.05, 0) is 66.9 Å². The summed E-state index contributed by atoms with van der Waals surface area (Å²) in [5.41, 5.74) is 13.4. The van der Waals surface area contributed by atoms with E-state index in [1.807, 2.05) is 27.0 Å². The van der Waals surface area contributed by atoms with Gasteiger partial charge in [0.25, 0.3) is 0 Å². The summed E-state index contributed by atoms with van der Waals surface area (Å²) in [6.45, 7) is 5.06. The number of aromatic nitrogens is 2. The first-order chi connectivity index (χ1) is 31.4. The highest BCUT2D eigenvalue weighted by Crippen LogP contribution is 2.14. The van der Waals surface area contributed by atoms with Crippen molar-refractivity contribution >= 4 is 59.1 Å². The molecule has 0 radical (unpaired) electrons. The van der Waals surface area contributed by atoms with Crippen LogP contribution in [0.15, 0.2) is 67.1 Å². The Morgan fingerprint density at radius 2 is 1.36 bits per heavy atom. The van der Waals surface area contributed by atoms with Crippen LogP contribution in [0.25, 0.3) is 0 Å². The van der Waals surface area contributed by atoms with Crippen LogP contribution in [0.2, 0.25) is 0 Å². The number of nitrogens with one attached hydrogen (secondary N) is 6. The van der Waals surface area contributed by atoms with Crippen LogP contribution in [-0.4, -0.2) is 134 Å². The molecule has 0 aliphatic heterocycles. The van der Waals surface area contributed by atoms with Gasteiger partial charge in [-0.25, -0.2) is 4.98 Å². The number of imidazole rings is 1. The first-order valence-corrected chi connectivity index (χ1v) is 23.1. The lowest BCUT2D eigenvalue weighted by molar-refractivity contribution is -0.142. The number of hydrogen-bond acceptors (Lipinski definition) is 12. The summed E-state index contributed by atoms with van der Waals surface area (Å²) in [5.74, 6) is -6.28. The number of nitrogens with zero attached hydrogens (tertiary/aromatic N) is 2. The largest absolute Gasteiger partial charge is 0.508 e. The monoisotopic (exact) mass is 936 g/mol. The molecule has 21 heteroatoms. The maximum Gasteiger partial charge on any atom is 0.305 e. The van der Waals surface area contributed by atoms with E-state index in [0.29, 0.717) is 35.4 Å². The number of unbranched alkanes of at least 4 members (excludes halogenated alkanes) is 1. The molecule has 12 N–H and O–H groups in total. The summed E-state index contributed by atoms with van der Waals surface area (Å²) in [4.78, 5) is 115. The van der Waals surface area contributed by atoms with Crippen LogP contribution in [-0.2, 0) is 57.6 Å². The predicted octanol–water partition coefficient (Wildman–Crippen LogP) is 0.282. The molecule has 1 aromatic heterocycles. The minimum Gasteiger partial charge on any atom is -0.508 e. The maximum absolute atomic E-state index is 14.4. The number of carbonyl (C=O) groups is 8. The SMILES string of the molecule is CCCCN(CC(=O)N[C@@H](CC(=O)O)C(N)=O)C(=O)[C@H](CC(C)C)NC(=O)[C@H](Cc1cnc[nH]1)NC(=O)[C@H](Cc1ccccc1)NC(=O)[C@@H](CCSC)NC(=O)[C@@H](N)Cc1ccc(O)cc1. The highest BCUT2D eigenvalue weighted by molar-refractivity contribution is 7.98. The van der Waals surface area contributed by atoms with Crippen LogP contribution >= 0.6 is 11.8 Å². The van der Waals surface area contributed by atoms with Gasteiger partial charge in [0, 0.05) is 31.3 Å².